The quantitative estimate of drug-likeness (QED) is 0.798. The molecule has 1 aromatic carbocycles. The molecular formula is C18H21N5. The highest BCUT2D eigenvalue weighted by Gasteiger charge is 2.16. The summed E-state index contributed by atoms with van der Waals surface area (Å²) in [6.07, 6.45) is 8.20. The van der Waals surface area contributed by atoms with Gasteiger partial charge in [0.25, 0.3) is 0 Å². The van der Waals surface area contributed by atoms with E-state index in [0.717, 1.165) is 22.6 Å². The molecule has 1 aliphatic carbocycles. The largest absolute Gasteiger partial charge is 0.350 e. The lowest BCUT2D eigenvalue weighted by molar-refractivity contribution is 0.460. The van der Waals surface area contributed by atoms with Crippen molar-refractivity contribution >= 4 is 11.5 Å². The zero-order chi connectivity index (χ0) is 15.6. The number of nitrogens with zero attached hydrogens (tertiary/aromatic N) is 4. The summed E-state index contributed by atoms with van der Waals surface area (Å²) in [5.74, 6) is 1.56. The van der Waals surface area contributed by atoms with E-state index in [1.807, 2.05) is 35.8 Å². The Morgan fingerprint density at radius 3 is 2.65 bits per heavy atom. The van der Waals surface area contributed by atoms with E-state index >= 15 is 0 Å². The van der Waals surface area contributed by atoms with E-state index in [-0.39, 0.29) is 0 Å². The molecule has 0 saturated heterocycles. The van der Waals surface area contributed by atoms with Crippen LogP contribution < -0.4 is 5.32 Å². The van der Waals surface area contributed by atoms with Crippen LogP contribution >= 0.6 is 0 Å². The van der Waals surface area contributed by atoms with Crippen molar-refractivity contribution < 1.29 is 0 Å². The second kappa shape index (κ2) is 5.99. The van der Waals surface area contributed by atoms with Crippen molar-refractivity contribution in [1.82, 2.24) is 19.6 Å². The van der Waals surface area contributed by atoms with Gasteiger partial charge in [0, 0.05) is 11.6 Å². The van der Waals surface area contributed by atoms with Gasteiger partial charge in [-0.25, -0.2) is 14.5 Å². The van der Waals surface area contributed by atoms with Gasteiger partial charge in [0.2, 0.25) is 5.95 Å². The van der Waals surface area contributed by atoms with Crippen LogP contribution in [0.4, 0.5) is 5.95 Å². The standard InChI is InChI=1S/C18H21N5/c1-13-16-12-19-18(21-15-10-6-3-7-11-15)22-23(16)17(20-13)14-8-4-2-5-9-14/h2,4-5,8-9,12,15H,3,6-7,10-11H2,1H3,(H,21,22). The maximum Gasteiger partial charge on any atom is 0.241 e. The van der Waals surface area contributed by atoms with Crippen LogP contribution in [-0.2, 0) is 0 Å². The third kappa shape index (κ3) is 2.79. The topological polar surface area (TPSA) is 55.1 Å². The molecule has 0 atom stereocenters. The molecule has 23 heavy (non-hydrogen) atoms. The number of anilines is 1. The molecule has 2 aromatic heterocycles. The van der Waals surface area contributed by atoms with E-state index < -0.39 is 0 Å². The lowest BCUT2D eigenvalue weighted by Gasteiger charge is -2.22. The zero-order valence-corrected chi connectivity index (χ0v) is 13.4. The lowest BCUT2D eigenvalue weighted by Crippen LogP contribution is -2.24. The van der Waals surface area contributed by atoms with E-state index in [1.54, 1.807) is 0 Å². The summed E-state index contributed by atoms with van der Waals surface area (Å²) >= 11 is 0. The molecule has 1 N–H and O–H groups in total. The highest BCUT2D eigenvalue weighted by molar-refractivity contribution is 5.64. The Morgan fingerprint density at radius 2 is 1.87 bits per heavy atom. The molecule has 0 spiro atoms. The van der Waals surface area contributed by atoms with E-state index in [9.17, 15) is 0 Å². The summed E-state index contributed by atoms with van der Waals surface area (Å²) in [7, 11) is 0. The minimum Gasteiger partial charge on any atom is -0.350 e. The summed E-state index contributed by atoms with van der Waals surface area (Å²) in [5, 5.41) is 8.19. The Morgan fingerprint density at radius 1 is 1.09 bits per heavy atom. The van der Waals surface area contributed by atoms with Crippen LogP contribution in [0.15, 0.2) is 36.5 Å². The summed E-state index contributed by atoms with van der Waals surface area (Å²) < 4.78 is 1.91. The van der Waals surface area contributed by atoms with Gasteiger partial charge in [-0.05, 0) is 19.8 Å². The molecule has 1 saturated carbocycles. The Hall–Kier alpha value is -2.43. The van der Waals surface area contributed by atoms with E-state index in [1.165, 1.54) is 32.1 Å². The molecular weight excluding hydrogens is 286 g/mol. The molecule has 0 radical (unpaired) electrons. The Balaban J connectivity index is 1.72. The first-order valence-electron chi connectivity index (χ1n) is 8.35. The van der Waals surface area contributed by atoms with Crippen LogP contribution in [0.2, 0.25) is 0 Å². The highest BCUT2D eigenvalue weighted by Crippen LogP contribution is 2.23. The van der Waals surface area contributed by atoms with Crippen molar-refractivity contribution in [3.05, 3.63) is 42.2 Å². The van der Waals surface area contributed by atoms with Gasteiger partial charge in [-0.2, -0.15) is 0 Å². The molecule has 2 heterocycles. The van der Waals surface area contributed by atoms with Gasteiger partial charge in [0.1, 0.15) is 5.52 Å². The number of hydrogen-bond acceptors (Lipinski definition) is 4. The van der Waals surface area contributed by atoms with Crippen LogP contribution in [0.1, 0.15) is 37.8 Å². The van der Waals surface area contributed by atoms with Crippen LogP contribution in [0, 0.1) is 6.92 Å². The highest BCUT2D eigenvalue weighted by atomic mass is 15.3. The van der Waals surface area contributed by atoms with Gasteiger partial charge in [0.15, 0.2) is 5.82 Å². The fourth-order valence-corrected chi connectivity index (χ4v) is 3.29. The number of fused-ring (bicyclic) bond motifs is 1. The fourth-order valence-electron chi connectivity index (χ4n) is 3.29. The first kappa shape index (κ1) is 14.2. The zero-order valence-electron chi connectivity index (χ0n) is 13.4. The van der Waals surface area contributed by atoms with Crippen molar-refractivity contribution in [3.63, 3.8) is 0 Å². The first-order valence-corrected chi connectivity index (χ1v) is 8.35. The first-order chi connectivity index (χ1) is 11.3. The molecule has 1 fully saturated rings. The van der Waals surface area contributed by atoms with Crippen molar-refractivity contribution in [3.8, 4) is 11.4 Å². The maximum absolute atomic E-state index is 4.70. The SMILES string of the molecule is Cc1nc(-c2ccccc2)n2nc(NC3CCCCC3)ncc12. The van der Waals surface area contributed by atoms with Gasteiger partial charge in [0.05, 0.1) is 11.9 Å². The molecule has 1 aliphatic rings. The number of aryl methyl sites for hydroxylation is 1. The van der Waals surface area contributed by atoms with Crippen LogP contribution in [0.5, 0.6) is 0 Å². The molecule has 0 amide bonds. The monoisotopic (exact) mass is 307 g/mol. The molecule has 0 unspecified atom stereocenters. The van der Waals surface area contributed by atoms with Gasteiger partial charge in [-0.15, -0.1) is 5.10 Å². The van der Waals surface area contributed by atoms with Gasteiger partial charge < -0.3 is 5.32 Å². The van der Waals surface area contributed by atoms with Gasteiger partial charge >= 0.3 is 0 Å². The van der Waals surface area contributed by atoms with E-state index in [4.69, 9.17) is 5.10 Å². The lowest BCUT2D eigenvalue weighted by atomic mass is 9.96. The average Bonchev–Trinajstić information content (AvgIpc) is 2.93. The smallest absolute Gasteiger partial charge is 0.241 e. The number of aromatic nitrogens is 4. The summed E-state index contributed by atoms with van der Waals surface area (Å²) in [4.78, 5) is 9.17. The van der Waals surface area contributed by atoms with E-state index in [2.05, 4.69) is 27.4 Å². The van der Waals surface area contributed by atoms with Gasteiger partial charge in [-0.3, -0.25) is 0 Å². The Kier molecular flexibility index (Phi) is 3.69. The van der Waals surface area contributed by atoms with E-state index in [0.29, 0.717) is 12.0 Å². The Labute approximate surface area is 135 Å². The minimum absolute atomic E-state index is 0.492. The Bertz CT molecular complexity index is 803. The average molecular weight is 307 g/mol. The maximum atomic E-state index is 4.70. The molecule has 0 bridgehead atoms. The third-order valence-electron chi connectivity index (χ3n) is 4.55. The second-order valence-corrected chi connectivity index (χ2v) is 6.24. The number of hydrogen-bond donors (Lipinski definition) is 1. The number of rotatable bonds is 3. The fraction of sp³-hybridized carbons (Fsp3) is 0.389. The van der Waals surface area contributed by atoms with Crippen LogP contribution in [-0.4, -0.2) is 25.6 Å². The normalized spacial score (nSPS) is 15.9. The van der Waals surface area contributed by atoms with Crippen LogP contribution in [0.3, 0.4) is 0 Å². The summed E-state index contributed by atoms with van der Waals surface area (Å²) in [5.41, 5.74) is 2.98. The molecule has 3 aromatic rings. The van der Waals surface area contributed by atoms with Crippen molar-refractivity contribution in [2.75, 3.05) is 5.32 Å². The summed E-state index contributed by atoms with van der Waals surface area (Å²) in [6.45, 7) is 2.00. The molecule has 0 aliphatic heterocycles. The van der Waals surface area contributed by atoms with Crippen molar-refractivity contribution in [2.45, 2.75) is 45.1 Å². The van der Waals surface area contributed by atoms with Crippen molar-refractivity contribution in [1.29, 1.82) is 0 Å². The minimum atomic E-state index is 0.492. The number of imidazole rings is 1. The predicted octanol–water partition coefficient (Wildman–Crippen LogP) is 3.84. The second-order valence-electron chi connectivity index (χ2n) is 6.24. The van der Waals surface area contributed by atoms with Crippen LogP contribution in [0.25, 0.3) is 16.9 Å². The molecule has 5 nitrogen and oxygen atoms in total. The molecule has 4 rings (SSSR count). The van der Waals surface area contributed by atoms with Gasteiger partial charge in [-0.1, -0.05) is 49.6 Å². The molecule has 5 heteroatoms. The number of benzene rings is 1. The predicted molar refractivity (Wildman–Crippen MR) is 91.5 cm³/mol. The molecule has 118 valence electrons. The van der Waals surface area contributed by atoms with Crippen molar-refractivity contribution in [2.24, 2.45) is 0 Å². The summed E-state index contributed by atoms with van der Waals surface area (Å²) in [6, 6.07) is 10.7. The number of nitrogens with one attached hydrogen (secondary N) is 1. The third-order valence-corrected chi connectivity index (χ3v) is 4.55.